The van der Waals surface area contributed by atoms with Crippen LogP contribution in [0.4, 0.5) is 0 Å². The zero-order valence-electron chi connectivity index (χ0n) is 6.60. The molecule has 1 aliphatic heterocycles. The molecule has 0 aromatic carbocycles. The van der Waals surface area contributed by atoms with Gasteiger partial charge in [-0.3, -0.25) is 5.32 Å². The second-order valence-electron chi connectivity index (χ2n) is 3.37. The number of hydrogen-bond donors (Lipinski definition) is 1. The molecule has 11 heavy (non-hydrogen) atoms. The van der Waals surface area contributed by atoms with E-state index in [0.29, 0.717) is 12.5 Å². The zero-order valence-corrected chi connectivity index (χ0v) is 6.60. The third kappa shape index (κ3) is 1.15. The molecule has 0 spiro atoms. The van der Waals surface area contributed by atoms with Gasteiger partial charge in [0, 0.05) is 6.54 Å². The predicted molar refractivity (Wildman–Crippen MR) is 43.1 cm³/mol. The van der Waals surface area contributed by atoms with Gasteiger partial charge in [0.25, 0.3) is 0 Å². The monoisotopic (exact) mass is 151 g/mol. The summed E-state index contributed by atoms with van der Waals surface area (Å²) in [6, 6.07) is 0. The Hall–Kier alpha value is -0.520. The fourth-order valence-corrected chi connectivity index (χ4v) is 1.68. The summed E-state index contributed by atoms with van der Waals surface area (Å²) in [4.78, 5) is 0. The zero-order chi connectivity index (χ0) is 7.73. The summed E-state index contributed by atoms with van der Waals surface area (Å²) in [6.07, 6.45) is 8.02. The molecule has 2 fully saturated rings. The summed E-state index contributed by atoms with van der Waals surface area (Å²) in [5.74, 6) is 3.52. The molecule has 1 aliphatic carbocycles. The van der Waals surface area contributed by atoms with Gasteiger partial charge in [-0.15, -0.1) is 6.42 Å². The fraction of sp³-hybridized carbons (Fsp3) is 0.778. The maximum atomic E-state index is 5.49. The molecular weight excluding hydrogens is 138 g/mol. The third-order valence-corrected chi connectivity index (χ3v) is 2.55. The van der Waals surface area contributed by atoms with Crippen molar-refractivity contribution in [1.29, 1.82) is 0 Å². The molecule has 0 aromatic heterocycles. The van der Waals surface area contributed by atoms with Gasteiger partial charge in [-0.25, -0.2) is 0 Å². The number of hydrogen-bond acceptors (Lipinski definition) is 2. The molecule has 1 N–H and O–H groups in total. The standard InChI is InChI=1S/C9H13NO/c1-2-9(8-3-4-8)7-11-6-5-10-9/h1,8,10H,3-7H2. The van der Waals surface area contributed by atoms with Gasteiger partial charge in [-0.05, 0) is 18.8 Å². The molecule has 1 heterocycles. The minimum Gasteiger partial charge on any atom is -0.377 e. The molecule has 2 nitrogen and oxygen atoms in total. The first-order chi connectivity index (χ1) is 5.37. The molecule has 60 valence electrons. The molecule has 2 heteroatoms. The number of nitrogens with one attached hydrogen (secondary N) is 1. The van der Waals surface area contributed by atoms with Crippen LogP contribution in [0.3, 0.4) is 0 Å². The van der Waals surface area contributed by atoms with Crippen molar-refractivity contribution in [3.63, 3.8) is 0 Å². The van der Waals surface area contributed by atoms with Crippen molar-refractivity contribution < 1.29 is 4.74 Å². The first-order valence-corrected chi connectivity index (χ1v) is 4.18. The van der Waals surface area contributed by atoms with Gasteiger partial charge in [0.05, 0.1) is 13.2 Å². The van der Waals surface area contributed by atoms with Gasteiger partial charge in [-0.1, -0.05) is 5.92 Å². The predicted octanol–water partition coefficient (Wildman–Crippen LogP) is 0.388. The highest BCUT2D eigenvalue weighted by molar-refractivity contribution is 5.20. The van der Waals surface area contributed by atoms with Crippen LogP contribution in [-0.2, 0) is 4.74 Å². The van der Waals surface area contributed by atoms with Crippen molar-refractivity contribution in [1.82, 2.24) is 5.32 Å². The highest BCUT2D eigenvalue weighted by Gasteiger charge is 2.45. The summed E-state index contributed by atoms with van der Waals surface area (Å²) in [5, 5.41) is 3.38. The lowest BCUT2D eigenvalue weighted by Gasteiger charge is -2.33. The number of terminal acetylenes is 1. The van der Waals surface area contributed by atoms with E-state index in [1.165, 1.54) is 12.8 Å². The Morgan fingerprint density at radius 3 is 2.82 bits per heavy atom. The van der Waals surface area contributed by atoms with Crippen molar-refractivity contribution in [2.45, 2.75) is 18.4 Å². The molecule has 0 amide bonds. The average Bonchev–Trinajstić information content (AvgIpc) is 2.88. The van der Waals surface area contributed by atoms with Crippen LogP contribution in [0.1, 0.15) is 12.8 Å². The van der Waals surface area contributed by atoms with Gasteiger partial charge in [-0.2, -0.15) is 0 Å². The summed E-state index contributed by atoms with van der Waals surface area (Å²) in [7, 11) is 0. The molecule has 2 aliphatic rings. The Morgan fingerprint density at radius 1 is 1.55 bits per heavy atom. The molecule has 0 radical (unpaired) electrons. The second kappa shape index (κ2) is 2.51. The number of ether oxygens (including phenoxy) is 1. The lowest BCUT2D eigenvalue weighted by molar-refractivity contribution is 0.0430. The highest BCUT2D eigenvalue weighted by atomic mass is 16.5. The number of rotatable bonds is 1. The van der Waals surface area contributed by atoms with Crippen LogP contribution in [0.5, 0.6) is 0 Å². The first kappa shape index (κ1) is 7.15. The second-order valence-corrected chi connectivity index (χ2v) is 3.37. The van der Waals surface area contributed by atoms with E-state index in [2.05, 4.69) is 11.2 Å². The van der Waals surface area contributed by atoms with Crippen LogP contribution in [0.2, 0.25) is 0 Å². The molecule has 2 rings (SSSR count). The first-order valence-electron chi connectivity index (χ1n) is 4.18. The molecule has 1 saturated heterocycles. The van der Waals surface area contributed by atoms with E-state index in [0.717, 1.165) is 13.2 Å². The van der Waals surface area contributed by atoms with Crippen LogP contribution < -0.4 is 5.32 Å². The molecule has 1 unspecified atom stereocenters. The Balaban J connectivity index is 2.08. The topological polar surface area (TPSA) is 21.3 Å². The van der Waals surface area contributed by atoms with Crippen molar-refractivity contribution in [3.05, 3.63) is 0 Å². The Morgan fingerprint density at radius 2 is 2.36 bits per heavy atom. The SMILES string of the molecule is C#CC1(C2CC2)COCCN1. The van der Waals surface area contributed by atoms with Gasteiger partial charge >= 0.3 is 0 Å². The maximum Gasteiger partial charge on any atom is 0.106 e. The van der Waals surface area contributed by atoms with Gasteiger partial charge in [0.2, 0.25) is 0 Å². The van der Waals surface area contributed by atoms with E-state index in [4.69, 9.17) is 11.2 Å². The molecule has 0 bridgehead atoms. The van der Waals surface area contributed by atoms with E-state index in [1.807, 2.05) is 0 Å². The Kier molecular flexibility index (Phi) is 1.63. The summed E-state index contributed by atoms with van der Waals surface area (Å²) < 4.78 is 5.37. The van der Waals surface area contributed by atoms with E-state index >= 15 is 0 Å². The van der Waals surface area contributed by atoms with E-state index in [9.17, 15) is 0 Å². The lowest BCUT2D eigenvalue weighted by atomic mass is 9.94. The van der Waals surface area contributed by atoms with Gasteiger partial charge in [0.1, 0.15) is 5.54 Å². The fourth-order valence-electron chi connectivity index (χ4n) is 1.68. The van der Waals surface area contributed by atoms with E-state index < -0.39 is 0 Å². The van der Waals surface area contributed by atoms with Gasteiger partial charge in [0.15, 0.2) is 0 Å². The van der Waals surface area contributed by atoms with Crippen LogP contribution in [0.15, 0.2) is 0 Å². The number of morpholine rings is 1. The maximum absolute atomic E-state index is 5.49. The van der Waals surface area contributed by atoms with E-state index in [-0.39, 0.29) is 5.54 Å². The lowest BCUT2D eigenvalue weighted by Crippen LogP contribution is -2.54. The largest absolute Gasteiger partial charge is 0.377 e. The quantitative estimate of drug-likeness (QED) is 0.547. The van der Waals surface area contributed by atoms with Crippen LogP contribution in [0.25, 0.3) is 0 Å². The van der Waals surface area contributed by atoms with Crippen LogP contribution in [-0.4, -0.2) is 25.3 Å². The summed E-state index contributed by atoms with van der Waals surface area (Å²) in [5.41, 5.74) is -0.113. The third-order valence-electron chi connectivity index (χ3n) is 2.55. The average molecular weight is 151 g/mol. The van der Waals surface area contributed by atoms with Crippen LogP contribution >= 0.6 is 0 Å². The Bertz CT molecular complexity index is 184. The summed E-state index contributed by atoms with van der Waals surface area (Å²) in [6.45, 7) is 2.41. The molecule has 1 saturated carbocycles. The normalized spacial score (nSPS) is 38.1. The summed E-state index contributed by atoms with van der Waals surface area (Å²) >= 11 is 0. The van der Waals surface area contributed by atoms with Crippen molar-refractivity contribution in [2.75, 3.05) is 19.8 Å². The molecule has 0 aromatic rings. The van der Waals surface area contributed by atoms with Gasteiger partial charge < -0.3 is 4.74 Å². The minimum atomic E-state index is -0.113. The van der Waals surface area contributed by atoms with Crippen molar-refractivity contribution in [2.24, 2.45) is 5.92 Å². The minimum absolute atomic E-state index is 0.113. The molecular formula is C9H13NO. The van der Waals surface area contributed by atoms with Crippen LogP contribution in [0, 0.1) is 18.3 Å². The highest BCUT2D eigenvalue weighted by Crippen LogP contribution is 2.40. The molecule has 1 atom stereocenters. The van der Waals surface area contributed by atoms with Crippen molar-refractivity contribution in [3.8, 4) is 12.3 Å². The Labute approximate surface area is 67.3 Å². The van der Waals surface area contributed by atoms with Crippen molar-refractivity contribution >= 4 is 0 Å². The van der Waals surface area contributed by atoms with E-state index in [1.54, 1.807) is 0 Å². The smallest absolute Gasteiger partial charge is 0.106 e.